The lowest BCUT2D eigenvalue weighted by Crippen LogP contribution is -2.13. The first-order valence-corrected chi connectivity index (χ1v) is 5.05. The molecule has 0 aliphatic rings. The second-order valence-corrected chi connectivity index (χ2v) is 3.06. The average molecular weight is 232 g/mol. The van der Waals surface area contributed by atoms with Crippen LogP contribution in [-0.2, 0) is 9.53 Å². The SMILES string of the molecule is CCOC(=O)CC#Cc1cccc(C(N)=O)n1. The molecule has 0 spiro atoms. The van der Waals surface area contributed by atoms with Gasteiger partial charge in [0.15, 0.2) is 0 Å². The molecule has 1 heterocycles. The second kappa shape index (κ2) is 6.28. The molecule has 5 nitrogen and oxygen atoms in total. The Morgan fingerprint density at radius 1 is 1.47 bits per heavy atom. The maximum Gasteiger partial charge on any atom is 0.317 e. The number of hydrogen-bond donors (Lipinski definition) is 1. The summed E-state index contributed by atoms with van der Waals surface area (Å²) in [4.78, 5) is 25.8. The van der Waals surface area contributed by atoms with Gasteiger partial charge in [0.2, 0.25) is 0 Å². The lowest BCUT2D eigenvalue weighted by molar-refractivity contribution is -0.141. The molecule has 17 heavy (non-hydrogen) atoms. The molecule has 0 fully saturated rings. The predicted octanol–water partition coefficient (Wildman–Crippen LogP) is 0.485. The third kappa shape index (κ3) is 4.34. The molecule has 1 aromatic rings. The Kier molecular flexibility index (Phi) is 4.70. The fraction of sp³-hybridized carbons (Fsp3) is 0.250. The van der Waals surface area contributed by atoms with Crippen LogP contribution in [0.15, 0.2) is 18.2 Å². The summed E-state index contributed by atoms with van der Waals surface area (Å²) in [6, 6.07) is 4.75. The van der Waals surface area contributed by atoms with Crippen molar-refractivity contribution in [3.63, 3.8) is 0 Å². The maximum atomic E-state index is 11.0. The summed E-state index contributed by atoms with van der Waals surface area (Å²) >= 11 is 0. The first kappa shape index (κ1) is 12.7. The summed E-state index contributed by atoms with van der Waals surface area (Å²) in [5, 5.41) is 0. The van der Waals surface area contributed by atoms with Gasteiger partial charge in [0.05, 0.1) is 6.61 Å². The zero-order chi connectivity index (χ0) is 12.7. The fourth-order valence-corrected chi connectivity index (χ4v) is 1.06. The molecule has 0 aliphatic carbocycles. The van der Waals surface area contributed by atoms with E-state index >= 15 is 0 Å². The van der Waals surface area contributed by atoms with E-state index in [1.54, 1.807) is 19.1 Å². The number of primary amides is 1. The molecule has 0 atom stereocenters. The molecular formula is C12H12N2O3. The van der Waals surface area contributed by atoms with Crippen molar-refractivity contribution in [3.8, 4) is 11.8 Å². The summed E-state index contributed by atoms with van der Waals surface area (Å²) in [5.41, 5.74) is 5.62. The minimum Gasteiger partial charge on any atom is -0.465 e. The third-order valence-corrected chi connectivity index (χ3v) is 1.76. The fourth-order valence-electron chi connectivity index (χ4n) is 1.06. The van der Waals surface area contributed by atoms with Crippen LogP contribution in [-0.4, -0.2) is 23.5 Å². The summed E-state index contributed by atoms with van der Waals surface area (Å²) in [7, 11) is 0. The van der Waals surface area contributed by atoms with Crippen LogP contribution in [0.1, 0.15) is 29.5 Å². The zero-order valence-corrected chi connectivity index (χ0v) is 9.40. The van der Waals surface area contributed by atoms with Crippen molar-refractivity contribution >= 4 is 11.9 Å². The van der Waals surface area contributed by atoms with E-state index < -0.39 is 5.91 Å². The molecule has 0 saturated carbocycles. The minimum absolute atomic E-state index is 0.00365. The Bertz CT molecular complexity index is 486. The molecule has 5 heteroatoms. The summed E-state index contributed by atoms with van der Waals surface area (Å²) < 4.78 is 4.71. The smallest absolute Gasteiger partial charge is 0.317 e. The van der Waals surface area contributed by atoms with Gasteiger partial charge in [-0.1, -0.05) is 12.0 Å². The number of esters is 1. The Balaban J connectivity index is 2.69. The van der Waals surface area contributed by atoms with Gasteiger partial charge in [-0.15, -0.1) is 0 Å². The van der Waals surface area contributed by atoms with Crippen LogP contribution in [0.25, 0.3) is 0 Å². The lowest BCUT2D eigenvalue weighted by Gasteiger charge is -1.95. The van der Waals surface area contributed by atoms with E-state index in [9.17, 15) is 9.59 Å². The molecule has 0 saturated heterocycles. The second-order valence-electron chi connectivity index (χ2n) is 3.06. The Morgan fingerprint density at radius 3 is 2.88 bits per heavy atom. The highest BCUT2D eigenvalue weighted by Gasteiger charge is 2.01. The number of carbonyl (C=O) groups excluding carboxylic acids is 2. The van der Waals surface area contributed by atoms with Crippen molar-refractivity contribution in [1.82, 2.24) is 4.98 Å². The summed E-state index contributed by atoms with van der Waals surface area (Å²) in [6.07, 6.45) is -0.00365. The number of hydrogen-bond acceptors (Lipinski definition) is 4. The number of aromatic nitrogens is 1. The third-order valence-electron chi connectivity index (χ3n) is 1.76. The summed E-state index contributed by atoms with van der Waals surface area (Å²) in [5.74, 6) is 4.28. The molecule has 0 aromatic carbocycles. The van der Waals surface area contributed by atoms with E-state index in [0.29, 0.717) is 12.3 Å². The highest BCUT2D eigenvalue weighted by atomic mass is 16.5. The quantitative estimate of drug-likeness (QED) is 0.607. The van der Waals surface area contributed by atoms with Crippen molar-refractivity contribution in [2.75, 3.05) is 6.61 Å². The lowest BCUT2D eigenvalue weighted by atomic mass is 10.3. The molecule has 0 unspecified atom stereocenters. The van der Waals surface area contributed by atoms with Gasteiger partial charge in [-0.05, 0) is 25.0 Å². The molecule has 1 aromatic heterocycles. The van der Waals surface area contributed by atoms with E-state index in [1.807, 2.05) is 0 Å². The standard InChI is InChI=1S/C12H12N2O3/c1-2-17-11(15)8-4-6-9-5-3-7-10(14-9)12(13)16/h3,5,7H,2,8H2,1H3,(H2,13,16). The van der Waals surface area contributed by atoms with Crippen molar-refractivity contribution in [3.05, 3.63) is 29.6 Å². The van der Waals surface area contributed by atoms with Gasteiger partial charge in [-0.3, -0.25) is 9.59 Å². The van der Waals surface area contributed by atoms with Crippen molar-refractivity contribution in [1.29, 1.82) is 0 Å². The van der Waals surface area contributed by atoms with Crippen LogP contribution in [0.2, 0.25) is 0 Å². The van der Waals surface area contributed by atoms with Crippen molar-refractivity contribution < 1.29 is 14.3 Å². The normalized spacial score (nSPS) is 9.00. The van der Waals surface area contributed by atoms with Crippen molar-refractivity contribution in [2.45, 2.75) is 13.3 Å². The van der Waals surface area contributed by atoms with Crippen LogP contribution in [0.4, 0.5) is 0 Å². The first-order chi connectivity index (χ1) is 8.13. The number of pyridine rings is 1. The molecule has 0 aliphatic heterocycles. The topological polar surface area (TPSA) is 82.3 Å². The van der Waals surface area contributed by atoms with E-state index in [-0.39, 0.29) is 18.1 Å². The number of carbonyl (C=O) groups is 2. The van der Waals surface area contributed by atoms with Crippen LogP contribution >= 0.6 is 0 Å². The van der Waals surface area contributed by atoms with Crippen LogP contribution in [0.5, 0.6) is 0 Å². The monoisotopic (exact) mass is 232 g/mol. The van der Waals surface area contributed by atoms with Gasteiger partial charge < -0.3 is 10.5 Å². The van der Waals surface area contributed by atoms with Gasteiger partial charge in [-0.2, -0.15) is 0 Å². The van der Waals surface area contributed by atoms with E-state index in [1.165, 1.54) is 6.07 Å². The Labute approximate surface area is 99.0 Å². The van der Waals surface area contributed by atoms with E-state index in [4.69, 9.17) is 10.5 Å². The molecule has 88 valence electrons. The Hall–Kier alpha value is -2.35. The zero-order valence-electron chi connectivity index (χ0n) is 9.40. The van der Waals surface area contributed by atoms with Gasteiger partial charge in [0, 0.05) is 0 Å². The minimum atomic E-state index is -0.612. The van der Waals surface area contributed by atoms with Crippen LogP contribution in [0.3, 0.4) is 0 Å². The molecule has 1 amide bonds. The number of ether oxygens (including phenoxy) is 1. The number of amides is 1. The average Bonchev–Trinajstić information content (AvgIpc) is 2.30. The van der Waals surface area contributed by atoms with E-state index in [0.717, 1.165) is 0 Å². The van der Waals surface area contributed by atoms with Gasteiger partial charge in [-0.25, -0.2) is 4.98 Å². The predicted molar refractivity (Wildman–Crippen MR) is 60.9 cm³/mol. The van der Waals surface area contributed by atoms with Gasteiger partial charge >= 0.3 is 5.97 Å². The van der Waals surface area contributed by atoms with Gasteiger partial charge in [0.25, 0.3) is 5.91 Å². The molecule has 0 radical (unpaired) electrons. The van der Waals surface area contributed by atoms with E-state index in [2.05, 4.69) is 16.8 Å². The maximum absolute atomic E-state index is 11.0. The molecule has 0 bridgehead atoms. The number of nitrogens with two attached hydrogens (primary N) is 1. The molecule has 2 N–H and O–H groups in total. The molecule has 1 rings (SSSR count). The van der Waals surface area contributed by atoms with Crippen molar-refractivity contribution in [2.24, 2.45) is 5.73 Å². The number of rotatable bonds is 3. The van der Waals surface area contributed by atoms with Gasteiger partial charge in [0.1, 0.15) is 17.8 Å². The Morgan fingerprint density at radius 2 is 2.24 bits per heavy atom. The highest BCUT2D eigenvalue weighted by molar-refractivity contribution is 5.90. The van der Waals surface area contributed by atoms with Crippen LogP contribution in [0, 0.1) is 11.8 Å². The largest absolute Gasteiger partial charge is 0.465 e. The molecular weight excluding hydrogens is 220 g/mol. The van der Waals surface area contributed by atoms with Crippen LogP contribution < -0.4 is 5.73 Å². The number of nitrogens with zero attached hydrogens (tertiary/aromatic N) is 1. The summed E-state index contributed by atoms with van der Waals surface area (Å²) in [6.45, 7) is 2.05. The first-order valence-electron chi connectivity index (χ1n) is 5.05. The highest BCUT2D eigenvalue weighted by Crippen LogP contribution is 1.97.